The molecule has 3 rings (SSSR count). The first-order valence-electron chi connectivity index (χ1n) is 12.1. The summed E-state index contributed by atoms with van der Waals surface area (Å²) in [6.07, 6.45) is 4.50. The molecule has 0 spiro atoms. The highest BCUT2D eigenvalue weighted by molar-refractivity contribution is 6.07. The second-order valence-corrected chi connectivity index (χ2v) is 8.68. The van der Waals surface area contributed by atoms with Crippen LogP contribution in [0.1, 0.15) is 44.7 Å². The van der Waals surface area contributed by atoms with Gasteiger partial charge in [0.1, 0.15) is 17.4 Å². The zero-order valence-electron chi connectivity index (χ0n) is 21.5. The van der Waals surface area contributed by atoms with Gasteiger partial charge in [-0.15, -0.1) is 0 Å². The summed E-state index contributed by atoms with van der Waals surface area (Å²) in [6, 6.07) is 10.2. The van der Waals surface area contributed by atoms with Crippen molar-refractivity contribution in [1.82, 2.24) is 4.98 Å². The first-order valence-corrected chi connectivity index (χ1v) is 12.1. The zero-order valence-corrected chi connectivity index (χ0v) is 21.5. The maximum atomic E-state index is 14.7. The number of primary amides is 1. The van der Waals surface area contributed by atoms with Gasteiger partial charge in [-0.3, -0.25) is 14.8 Å². The maximum Gasteiger partial charge on any atom is 0.222 e. The maximum absolute atomic E-state index is 14.7. The molecule has 1 aromatic heterocycles. The zero-order chi connectivity index (χ0) is 27.1. The fourth-order valence-corrected chi connectivity index (χ4v) is 4.28. The van der Waals surface area contributed by atoms with Crippen molar-refractivity contribution in [2.75, 3.05) is 12.4 Å². The number of nitrogens with two attached hydrogens (primary N) is 1. The van der Waals surface area contributed by atoms with E-state index in [2.05, 4.69) is 16.9 Å². The average Bonchev–Trinajstić information content (AvgIpc) is 2.88. The molecule has 8 heteroatoms. The van der Waals surface area contributed by atoms with Crippen LogP contribution in [0.25, 0.3) is 16.8 Å². The van der Waals surface area contributed by atoms with Crippen LogP contribution in [0.15, 0.2) is 66.4 Å². The fraction of sp³-hybridized carbons (Fsp3) is 0.276. The topological polar surface area (TPSA) is 89.6 Å². The second-order valence-electron chi connectivity index (χ2n) is 8.68. The number of rotatable bonds is 11. The Balaban J connectivity index is 2.21. The third-order valence-corrected chi connectivity index (χ3v) is 6.29. The van der Waals surface area contributed by atoms with E-state index in [0.29, 0.717) is 46.8 Å². The number of ether oxygens (including phenoxy) is 1. The highest BCUT2D eigenvalue weighted by Crippen LogP contribution is 2.38. The predicted octanol–water partition coefficient (Wildman–Crippen LogP) is 6.22. The van der Waals surface area contributed by atoms with E-state index < -0.39 is 23.5 Å². The van der Waals surface area contributed by atoms with E-state index >= 15 is 0 Å². The number of amides is 1. The van der Waals surface area contributed by atoms with Crippen molar-refractivity contribution in [2.24, 2.45) is 16.6 Å². The molecule has 2 unspecified atom stereocenters. The minimum atomic E-state index is -0.700. The Morgan fingerprint density at radius 1 is 1.19 bits per heavy atom. The summed E-state index contributed by atoms with van der Waals surface area (Å²) in [4.78, 5) is 21.1. The van der Waals surface area contributed by atoms with Crippen LogP contribution >= 0.6 is 0 Å². The number of methoxy groups -OCH3 is 1. The van der Waals surface area contributed by atoms with Crippen molar-refractivity contribution in [1.29, 1.82) is 0 Å². The van der Waals surface area contributed by atoms with Crippen LogP contribution in [0.4, 0.5) is 14.5 Å². The van der Waals surface area contributed by atoms with Crippen LogP contribution in [0.3, 0.4) is 0 Å². The molecule has 1 amide bonds. The lowest BCUT2D eigenvalue weighted by atomic mass is 9.93. The normalized spacial score (nSPS) is 13.1. The van der Waals surface area contributed by atoms with E-state index in [-0.39, 0.29) is 11.6 Å². The van der Waals surface area contributed by atoms with Crippen LogP contribution in [-0.4, -0.2) is 29.8 Å². The van der Waals surface area contributed by atoms with Crippen molar-refractivity contribution in [3.05, 3.63) is 84.2 Å². The van der Waals surface area contributed by atoms with E-state index in [1.54, 1.807) is 30.6 Å². The Morgan fingerprint density at radius 3 is 2.51 bits per heavy atom. The van der Waals surface area contributed by atoms with Gasteiger partial charge in [-0.05, 0) is 61.7 Å². The Bertz CT molecular complexity index is 1310. The van der Waals surface area contributed by atoms with Gasteiger partial charge in [-0.25, -0.2) is 8.78 Å². The van der Waals surface area contributed by atoms with E-state index in [0.717, 1.165) is 11.6 Å². The van der Waals surface area contributed by atoms with Gasteiger partial charge in [0, 0.05) is 46.6 Å². The summed E-state index contributed by atoms with van der Waals surface area (Å²) in [7, 11) is 1.50. The number of nitrogens with one attached hydrogen (secondary N) is 1. The summed E-state index contributed by atoms with van der Waals surface area (Å²) in [5, 5.41) is 3.30. The number of aliphatic imine (C=N–C) groups is 1. The molecule has 0 fully saturated rings. The Kier molecular flexibility index (Phi) is 9.11. The average molecular weight is 507 g/mol. The molecule has 2 atom stereocenters. The van der Waals surface area contributed by atoms with Crippen LogP contribution in [0.5, 0.6) is 5.75 Å². The monoisotopic (exact) mass is 506 g/mol. The summed E-state index contributed by atoms with van der Waals surface area (Å²) >= 11 is 0. The van der Waals surface area contributed by atoms with Gasteiger partial charge < -0.3 is 15.8 Å². The van der Waals surface area contributed by atoms with Gasteiger partial charge in [0.2, 0.25) is 5.91 Å². The number of hydrogen-bond donors (Lipinski definition) is 2. The molecular weight excluding hydrogens is 474 g/mol. The van der Waals surface area contributed by atoms with Gasteiger partial charge in [0.05, 0.1) is 24.8 Å². The smallest absolute Gasteiger partial charge is 0.222 e. The number of benzene rings is 2. The molecule has 6 nitrogen and oxygen atoms in total. The highest BCUT2D eigenvalue weighted by Gasteiger charge is 2.24. The van der Waals surface area contributed by atoms with Gasteiger partial charge >= 0.3 is 0 Å². The first-order chi connectivity index (χ1) is 17.7. The molecular formula is C29H32F2N4O2. The molecule has 0 aliphatic carbocycles. The molecule has 0 radical (unpaired) electrons. The summed E-state index contributed by atoms with van der Waals surface area (Å²) in [6.45, 7) is 9.79. The third-order valence-electron chi connectivity index (χ3n) is 6.29. The molecule has 0 saturated heterocycles. The van der Waals surface area contributed by atoms with Crippen molar-refractivity contribution in [2.45, 2.75) is 39.7 Å². The minimum Gasteiger partial charge on any atom is -0.495 e. The van der Waals surface area contributed by atoms with Gasteiger partial charge in [0.15, 0.2) is 0 Å². The molecule has 194 valence electrons. The van der Waals surface area contributed by atoms with Gasteiger partial charge in [-0.1, -0.05) is 20.4 Å². The van der Waals surface area contributed by atoms with E-state index in [1.807, 2.05) is 26.8 Å². The van der Waals surface area contributed by atoms with Gasteiger partial charge in [-0.2, -0.15) is 0 Å². The number of halogens is 2. The predicted molar refractivity (Wildman–Crippen MR) is 145 cm³/mol. The number of hydrogen-bond acceptors (Lipinski definition) is 5. The summed E-state index contributed by atoms with van der Waals surface area (Å²) in [5.74, 6) is -1.80. The molecule has 3 N–H and O–H groups in total. The van der Waals surface area contributed by atoms with Crippen LogP contribution in [-0.2, 0) is 4.79 Å². The molecule has 2 aromatic carbocycles. The molecule has 0 saturated carbocycles. The number of anilines is 1. The molecule has 1 heterocycles. The van der Waals surface area contributed by atoms with E-state index in [4.69, 9.17) is 15.5 Å². The molecule has 3 aromatic rings. The second kappa shape index (κ2) is 12.3. The van der Waals surface area contributed by atoms with Crippen molar-refractivity contribution in [3.8, 4) is 16.9 Å². The Morgan fingerprint density at radius 2 is 1.95 bits per heavy atom. The lowest BCUT2D eigenvalue weighted by Gasteiger charge is -2.22. The third kappa shape index (κ3) is 6.39. The fourth-order valence-electron chi connectivity index (χ4n) is 4.28. The number of pyridine rings is 1. The summed E-state index contributed by atoms with van der Waals surface area (Å²) < 4.78 is 34.0. The van der Waals surface area contributed by atoms with Crippen LogP contribution in [0, 0.1) is 17.6 Å². The van der Waals surface area contributed by atoms with E-state index in [1.165, 1.54) is 19.2 Å². The number of carbonyl (C=O) groups excluding carboxylic acids is 1. The van der Waals surface area contributed by atoms with Crippen molar-refractivity contribution in [3.63, 3.8) is 0 Å². The highest BCUT2D eigenvalue weighted by atomic mass is 19.1. The molecule has 37 heavy (non-hydrogen) atoms. The van der Waals surface area contributed by atoms with Crippen molar-refractivity contribution >= 4 is 23.0 Å². The number of nitrogens with zero attached hydrogens (tertiary/aromatic N) is 2. The number of aromatic nitrogens is 1. The molecule has 0 bridgehead atoms. The van der Waals surface area contributed by atoms with Gasteiger partial charge in [0.25, 0.3) is 0 Å². The quantitative estimate of drug-likeness (QED) is 0.302. The van der Waals surface area contributed by atoms with Crippen molar-refractivity contribution < 1.29 is 18.3 Å². The lowest BCUT2D eigenvalue weighted by Crippen LogP contribution is -2.32. The van der Waals surface area contributed by atoms with Crippen LogP contribution in [0.2, 0.25) is 0 Å². The van der Waals surface area contributed by atoms with E-state index in [9.17, 15) is 13.6 Å². The standard InChI is InChI=1S/C29H32F2N4O2/c1-6-22(29(32)36)26(7-2)34-18(4)24-13-20(23-11-10-21(30)15-25(23)31)14-27(37-5)28(24)35-17(3)19-9-8-12-33-16-19/h8-16,22,26,35H,3,6-7H2,1-2,4-5H3,(H2,32,36). The SMILES string of the molecule is C=C(Nc1c(OC)cc(-c2ccc(F)cc2F)cc1C(C)=NC(CC)C(CC)C(N)=O)c1cccnc1. The largest absolute Gasteiger partial charge is 0.495 e. The minimum absolute atomic E-state index is 0.210. The Labute approximate surface area is 216 Å². The Hall–Kier alpha value is -4.07. The van der Waals surface area contributed by atoms with Crippen LogP contribution < -0.4 is 15.8 Å². The summed E-state index contributed by atoms with van der Waals surface area (Å²) in [5.41, 5.74) is 9.43. The first kappa shape index (κ1) is 27.5. The number of carbonyl (C=O) groups is 1. The molecule has 0 aliphatic heterocycles. The lowest BCUT2D eigenvalue weighted by molar-refractivity contribution is -0.122. The molecule has 0 aliphatic rings.